The van der Waals surface area contributed by atoms with Gasteiger partial charge in [-0.15, -0.1) is 0 Å². The second kappa shape index (κ2) is 9.40. The van der Waals surface area contributed by atoms with Crippen molar-refractivity contribution in [3.63, 3.8) is 0 Å². The van der Waals surface area contributed by atoms with Gasteiger partial charge in [-0.1, -0.05) is 42.5 Å². The molecule has 0 unspecified atom stereocenters. The molecular formula is C26H27N5O2. The number of hydrogen-bond donors (Lipinski definition) is 1. The fourth-order valence-electron chi connectivity index (χ4n) is 4.62. The average molecular weight is 442 g/mol. The van der Waals surface area contributed by atoms with Crippen molar-refractivity contribution in [1.82, 2.24) is 25.0 Å². The third kappa shape index (κ3) is 4.58. The molecule has 2 amide bonds. The predicted molar refractivity (Wildman–Crippen MR) is 126 cm³/mol. The number of amides is 2. The van der Waals surface area contributed by atoms with Crippen molar-refractivity contribution in [2.75, 3.05) is 26.2 Å². The molecule has 2 aromatic heterocycles. The smallest absolute Gasteiger partial charge is 0.271 e. The maximum atomic E-state index is 13.1. The van der Waals surface area contributed by atoms with Gasteiger partial charge in [-0.25, -0.2) is 0 Å². The first-order valence-electron chi connectivity index (χ1n) is 11.5. The molecule has 168 valence electrons. The minimum Gasteiger partial charge on any atom is -0.338 e. The molecule has 1 fully saturated rings. The van der Waals surface area contributed by atoms with Gasteiger partial charge in [0, 0.05) is 38.3 Å². The maximum Gasteiger partial charge on any atom is 0.271 e. The Morgan fingerprint density at radius 1 is 0.909 bits per heavy atom. The Labute approximate surface area is 193 Å². The van der Waals surface area contributed by atoms with Gasteiger partial charge in [0.25, 0.3) is 5.91 Å². The van der Waals surface area contributed by atoms with E-state index in [1.165, 1.54) is 11.1 Å². The third-order valence-electron chi connectivity index (χ3n) is 6.53. The number of rotatable bonds is 4. The van der Waals surface area contributed by atoms with Crippen molar-refractivity contribution in [2.24, 2.45) is 5.92 Å². The lowest BCUT2D eigenvalue weighted by atomic mass is 9.93. The van der Waals surface area contributed by atoms with E-state index in [1.807, 2.05) is 46.2 Å². The quantitative estimate of drug-likeness (QED) is 0.670. The summed E-state index contributed by atoms with van der Waals surface area (Å²) in [5.41, 5.74) is 4.38. The van der Waals surface area contributed by atoms with E-state index >= 15 is 0 Å². The van der Waals surface area contributed by atoms with Crippen LogP contribution in [0.25, 0.3) is 17.0 Å². The number of benzene rings is 1. The highest BCUT2D eigenvalue weighted by Crippen LogP contribution is 2.26. The number of pyridine rings is 1. The molecule has 7 heteroatoms. The fourth-order valence-corrected chi connectivity index (χ4v) is 4.62. The van der Waals surface area contributed by atoms with E-state index in [0.717, 1.165) is 18.7 Å². The van der Waals surface area contributed by atoms with Gasteiger partial charge < -0.3 is 9.80 Å². The molecule has 3 aromatic rings. The molecule has 0 saturated carbocycles. The molecule has 4 heterocycles. The van der Waals surface area contributed by atoms with E-state index in [2.05, 4.69) is 33.4 Å². The second-order valence-electron chi connectivity index (χ2n) is 8.58. The minimum absolute atomic E-state index is 0.0217. The van der Waals surface area contributed by atoms with Crippen molar-refractivity contribution in [3.05, 3.63) is 78.1 Å². The lowest BCUT2D eigenvalue weighted by Gasteiger charge is -2.35. The summed E-state index contributed by atoms with van der Waals surface area (Å²) in [5, 5.41) is 7.08. The molecule has 2 aliphatic heterocycles. The third-order valence-corrected chi connectivity index (χ3v) is 6.53. The first kappa shape index (κ1) is 21.1. The van der Waals surface area contributed by atoms with Gasteiger partial charge in [-0.3, -0.25) is 19.7 Å². The first-order valence-corrected chi connectivity index (χ1v) is 11.5. The minimum atomic E-state index is -0.0796. The summed E-state index contributed by atoms with van der Waals surface area (Å²) in [5.74, 6) is 0.111. The Hall–Kier alpha value is -3.74. The molecular weight excluding hydrogens is 414 g/mol. The van der Waals surface area contributed by atoms with Crippen LogP contribution in [0.1, 0.15) is 35.3 Å². The van der Waals surface area contributed by atoms with E-state index in [-0.39, 0.29) is 17.7 Å². The highest BCUT2D eigenvalue weighted by Gasteiger charge is 2.31. The van der Waals surface area contributed by atoms with Gasteiger partial charge in [0.1, 0.15) is 11.4 Å². The summed E-state index contributed by atoms with van der Waals surface area (Å²) >= 11 is 0. The Bertz CT molecular complexity index is 1150. The van der Waals surface area contributed by atoms with Crippen molar-refractivity contribution in [2.45, 2.75) is 19.3 Å². The standard InChI is InChI=1S/C26H27N5O2/c32-25(30-14-9-20(10-15-30)19-6-2-1-3-7-19)21-11-16-31(17-12-21)26(33)24-18-23(28-29-24)22-8-4-5-13-27-22/h1-9,13,18,21H,10-12,14-17H2,(H,28,29). The average Bonchev–Trinajstić information content (AvgIpc) is 3.40. The van der Waals surface area contributed by atoms with Gasteiger partial charge in [-0.2, -0.15) is 5.10 Å². The summed E-state index contributed by atoms with van der Waals surface area (Å²) in [4.78, 5) is 34.0. The summed E-state index contributed by atoms with van der Waals surface area (Å²) in [6.07, 6.45) is 6.14. The molecule has 1 saturated heterocycles. The lowest BCUT2D eigenvalue weighted by molar-refractivity contribution is -0.136. The van der Waals surface area contributed by atoms with Gasteiger partial charge in [0.2, 0.25) is 5.91 Å². The Morgan fingerprint density at radius 3 is 2.39 bits per heavy atom. The number of likely N-dealkylation sites (tertiary alicyclic amines) is 1. The molecule has 33 heavy (non-hydrogen) atoms. The van der Waals surface area contributed by atoms with Crippen LogP contribution >= 0.6 is 0 Å². The van der Waals surface area contributed by atoms with Crippen LogP contribution in [-0.2, 0) is 4.79 Å². The molecule has 5 rings (SSSR count). The number of H-pyrrole nitrogens is 1. The number of aromatic nitrogens is 3. The summed E-state index contributed by atoms with van der Waals surface area (Å²) in [6.45, 7) is 2.56. The zero-order valence-corrected chi connectivity index (χ0v) is 18.5. The highest BCUT2D eigenvalue weighted by atomic mass is 16.2. The summed E-state index contributed by atoms with van der Waals surface area (Å²) in [7, 11) is 0. The van der Waals surface area contributed by atoms with Crippen molar-refractivity contribution < 1.29 is 9.59 Å². The van der Waals surface area contributed by atoms with Gasteiger partial charge in [0.05, 0.1) is 5.69 Å². The van der Waals surface area contributed by atoms with Crippen LogP contribution in [0.3, 0.4) is 0 Å². The maximum absolute atomic E-state index is 13.1. The van der Waals surface area contributed by atoms with E-state index in [0.29, 0.717) is 43.9 Å². The van der Waals surface area contributed by atoms with Gasteiger partial charge >= 0.3 is 0 Å². The van der Waals surface area contributed by atoms with Crippen molar-refractivity contribution in [3.8, 4) is 11.4 Å². The number of piperidine rings is 1. The molecule has 0 atom stereocenters. The van der Waals surface area contributed by atoms with Crippen LogP contribution < -0.4 is 0 Å². The van der Waals surface area contributed by atoms with Crippen molar-refractivity contribution in [1.29, 1.82) is 0 Å². The number of carbonyl (C=O) groups excluding carboxylic acids is 2. The van der Waals surface area contributed by atoms with E-state index in [1.54, 1.807) is 12.3 Å². The van der Waals surface area contributed by atoms with E-state index in [9.17, 15) is 9.59 Å². The number of nitrogens with zero attached hydrogens (tertiary/aromatic N) is 4. The predicted octanol–water partition coefficient (Wildman–Crippen LogP) is 3.64. The SMILES string of the molecule is O=C(c1cc(-c2ccccn2)n[nH]1)N1CCC(C(=O)N2CC=C(c3ccccc3)CC2)CC1. The molecule has 7 nitrogen and oxygen atoms in total. The summed E-state index contributed by atoms with van der Waals surface area (Å²) in [6, 6.07) is 17.7. The molecule has 0 spiro atoms. The topological polar surface area (TPSA) is 82.2 Å². The molecule has 1 aromatic carbocycles. The highest BCUT2D eigenvalue weighted by molar-refractivity contribution is 5.93. The zero-order valence-electron chi connectivity index (χ0n) is 18.5. The Balaban J connectivity index is 1.15. The number of aromatic amines is 1. The van der Waals surface area contributed by atoms with Gasteiger partial charge in [0.15, 0.2) is 0 Å². The van der Waals surface area contributed by atoms with Crippen LogP contribution in [0.4, 0.5) is 0 Å². The normalized spacial score (nSPS) is 17.0. The number of carbonyl (C=O) groups is 2. The zero-order chi connectivity index (χ0) is 22.6. The molecule has 2 aliphatic rings. The molecule has 0 bridgehead atoms. The summed E-state index contributed by atoms with van der Waals surface area (Å²) < 4.78 is 0. The second-order valence-corrected chi connectivity index (χ2v) is 8.58. The monoisotopic (exact) mass is 441 g/mol. The van der Waals surface area contributed by atoms with Crippen LogP contribution in [0.2, 0.25) is 0 Å². The molecule has 0 aliphatic carbocycles. The fraction of sp³-hybridized carbons (Fsp3) is 0.308. The van der Waals surface area contributed by atoms with Crippen molar-refractivity contribution >= 4 is 17.4 Å². The van der Waals surface area contributed by atoms with E-state index in [4.69, 9.17) is 0 Å². The Kier molecular flexibility index (Phi) is 6.02. The number of hydrogen-bond acceptors (Lipinski definition) is 4. The van der Waals surface area contributed by atoms with E-state index < -0.39 is 0 Å². The molecule has 0 radical (unpaired) electrons. The largest absolute Gasteiger partial charge is 0.338 e. The van der Waals surface area contributed by atoms with Crippen LogP contribution in [0, 0.1) is 5.92 Å². The van der Waals surface area contributed by atoms with Crippen LogP contribution in [0.5, 0.6) is 0 Å². The van der Waals surface area contributed by atoms with Crippen LogP contribution in [-0.4, -0.2) is 63.0 Å². The first-order chi connectivity index (χ1) is 16.2. The lowest BCUT2D eigenvalue weighted by Crippen LogP contribution is -2.45. The van der Waals surface area contributed by atoms with Gasteiger partial charge in [-0.05, 0) is 48.6 Å². The Morgan fingerprint density at radius 2 is 1.70 bits per heavy atom. The molecule has 1 N–H and O–H groups in total. The number of nitrogens with one attached hydrogen (secondary N) is 1. The van der Waals surface area contributed by atoms with Crippen LogP contribution in [0.15, 0.2) is 66.9 Å².